The summed E-state index contributed by atoms with van der Waals surface area (Å²) >= 11 is 12.1. The number of Topliss-reactive ketones (excluding diaryl/α,β-unsaturated/α-hetero) is 1. The van der Waals surface area contributed by atoms with E-state index in [2.05, 4.69) is 6.07 Å². The third kappa shape index (κ3) is 4.66. The number of fused-ring (bicyclic) bond motifs is 1. The van der Waals surface area contributed by atoms with E-state index in [1.54, 1.807) is 31.3 Å². The number of hydrogen-bond acceptors (Lipinski definition) is 4. The maximum absolute atomic E-state index is 13.3. The van der Waals surface area contributed by atoms with Crippen molar-refractivity contribution in [3.05, 3.63) is 75.3 Å². The number of halogens is 2. The van der Waals surface area contributed by atoms with Gasteiger partial charge in [0.05, 0.1) is 28.3 Å². The number of nitriles is 1. The third-order valence-electron chi connectivity index (χ3n) is 5.04. The molecule has 0 aliphatic heterocycles. The highest BCUT2D eigenvalue weighted by Gasteiger charge is 2.23. The standard InChI is InChI=1S/C24H20Cl2N2O3/c1-28(12-6-11-20(29)18-9-5-10-19(25)22(18)26)24(30)21-17-8-4-3-7-15(17)13-16(14-27)23(21)31-2/h3-5,7-10,13H,6,11-12H2,1-2H3. The Morgan fingerprint density at radius 1 is 1.13 bits per heavy atom. The highest BCUT2D eigenvalue weighted by Crippen LogP contribution is 2.33. The van der Waals surface area contributed by atoms with Crippen LogP contribution in [0.5, 0.6) is 5.75 Å². The summed E-state index contributed by atoms with van der Waals surface area (Å²) < 4.78 is 5.42. The monoisotopic (exact) mass is 454 g/mol. The van der Waals surface area contributed by atoms with Gasteiger partial charge >= 0.3 is 0 Å². The zero-order valence-electron chi connectivity index (χ0n) is 17.1. The fourth-order valence-electron chi connectivity index (χ4n) is 3.46. The number of ether oxygens (including phenoxy) is 1. The van der Waals surface area contributed by atoms with E-state index in [4.69, 9.17) is 27.9 Å². The van der Waals surface area contributed by atoms with Gasteiger partial charge in [0.1, 0.15) is 11.8 Å². The Balaban J connectivity index is 1.79. The maximum atomic E-state index is 13.3. The largest absolute Gasteiger partial charge is 0.495 e. The summed E-state index contributed by atoms with van der Waals surface area (Å²) in [5.74, 6) is -0.166. The lowest BCUT2D eigenvalue weighted by atomic mass is 9.98. The summed E-state index contributed by atoms with van der Waals surface area (Å²) in [6.07, 6.45) is 0.663. The summed E-state index contributed by atoms with van der Waals surface area (Å²) in [5, 5.41) is 11.5. The van der Waals surface area contributed by atoms with Gasteiger partial charge in [-0.05, 0) is 35.4 Å². The Labute approximate surface area is 190 Å². The highest BCUT2D eigenvalue weighted by atomic mass is 35.5. The van der Waals surface area contributed by atoms with Crippen LogP contribution in [0.1, 0.15) is 39.1 Å². The van der Waals surface area contributed by atoms with Crippen LogP contribution in [0.4, 0.5) is 0 Å². The van der Waals surface area contributed by atoms with Crippen molar-refractivity contribution < 1.29 is 14.3 Å². The minimum Gasteiger partial charge on any atom is -0.495 e. The first kappa shape index (κ1) is 22.6. The van der Waals surface area contributed by atoms with Crippen molar-refractivity contribution in [3.63, 3.8) is 0 Å². The van der Waals surface area contributed by atoms with Crippen LogP contribution in [0.3, 0.4) is 0 Å². The lowest BCUT2D eigenvalue weighted by molar-refractivity contribution is 0.0784. The topological polar surface area (TPSA) is 70.4 Å². The van der Waals surface area contributed by atoms with Crippen LogP contribution in [0, 0.1) is 11.3 Å². The van der Waals surface area contributed by atoms with Gasteiger partial charge in [0.15, 0.2) is 5.78 Å². The van der Waals surface area contributed by atoms with Crippen LogP contribution < -0.4 is 4.74 Å². The van der Waals surface area contributed by atoms with Crippen molar-refractivity contribution >= 4 is 45.7 Å². The normalized spacial score (nSPS) is 10.5. The number of benzene rings is 3. The van der Waals surface area contributed by atoms with Crippen LogP contribution in [0.15, 0.2) is 48.5 Å². The molecule has 3 aromatic carbocycles. The van der Waals surface area contributed by atoms with Crippen molar-refractivity contribution in [2.75, 3.05) is 20.7 Å². The van der Waals surface area contributed by atoms with Gasteiger partial charge in [0.2, 0.25) is 0 Å². The Morgan fingerprint density at radius 3 is 2.58 bits per heavy atom. The molecule has 1 amide bonds. The van der Waals surface area contributed by atoms with Crippen LogP contribution in [-0.4, -0.2) is 37.3 Å². The number of carbonyl (C=O) groups excluding carboxylic acids is 2. The lowest BCUT2D eigenvalue weighted by Gasteiger charge is -2.20. The first-order valence-electron chi connectivity index (χ1n) is 9.61. The van der Waals surface area contributed by atoms with Crippen molar-refractivity contribution in [2.24, 2.45) is 0 Å². The zero-order valence-corrected chi connectivity index (χ0v) is 18.6. The van der Waals surface area contributed by atoms with Crippen LogP contribution in [0.2, 0.25) is 10.0 Å². The van der Waals surface area contributed by atoms with Gasteiger partial charge in [-0.25, -0.2) is 0 Å². The Kier molecular flexibility index (Phi) is 7.17. The molecule has 0 unspecified atom stereocenters. The molecule has 0 saturated carbocycles. The number of carbonyl (C=O) groups is 2. The Morgan fingerprint density at radius 2 is 1.87 bits per heavy atom. The van der Waals surface area contributed by atoms with Crippen LogP contribution >= 0.6 is 23.2 Å². The van der Waals surface area contributed by atoms with E-state index in [0.29, 0.717) is 40.1 Å². The fraction of sp³-hybridized carbons (Fsp3) is 0.208. The van der Waals surface area contributed by atoms with Gasteiger partial charge in [-0.2, -0.15) is 5.26 Å². The SMILES string of the molecule is COc1c(C#N)cc2ccccc2c1C(=O)N(C)CCCC(=O)c1cccc(Cl)c1Cl. The van der Waals surface area contributed by atoms with Crippen molar-refractivity contribution in [3.8, 4) is 11.8 Å². The molecule has 0 N–H and O–H groups in total. The van der Waals surface area contributed by atoms with E-state index in [0.717, 1.165) is 5.39 Å². The number of methoxy groups -OCH3 is 1. The minimum absolute atomic E-state index is 0.136. The molecule has 0 saturated heterocycles. The molecule has 0 spiro atoms. The number of ketones is 1. The van der Waals surface area contributed by atoms with Crippen molar-refractivity contribution in [1.82, 2.24) is 4.90 Å². The summed E-state index contributed by atoms with van der Waals surface area (Å²) in [6.45, 7) is 0.344. The average Bonchev–Trinajstić information content (AvgIpc) is 2.78. The number of nitrogens with zero attached hydrogens (tertiary/aromatic N) is 2. The van der Waals surface area contributed by atoms with Crippen LogP contribution in [-0.2, 0) is 0 Å². The van der Waals surface area contributed by atoms with Crippen molar-refractivity contribution in [1.29, 1.82) is 5.26 Å². The number of hydrogen-bond donors (Lipinski definition) is 0. The maximum Gasteiger partial charge on any atom is 0.258 e. The molecule has 7 heteroatoms. The smallest absolute Gasteiger partial charge is 0.258 e. The minimum atomic E-state index is -0.279. The van der Waals surface area contributed by atoms with Gasteiger partial charge < -0.3 is 9.64 Å². The second-order valence-electron chi connectivity index (χ2n) is 7.02. The molecule has 3 rings (SSSR count). The summed E-state index contributed by atoms with van der Waals surface area (Å²) in [4.78, 5) is 27.3. The molecular weight excluding hydrogens is 435 g/mol. The van der Waals surface area contributed by atoms with E-state index in [-0.39, 0.29) is 28.9 Å². The van der Waals surface area contributed by atoms with Gasteiger partial charge in [0.25, 0.3) is 5.91 Å². The fourth-order valence-corrected chi connectivity index (χ4v) is 3.86. The Bertz CT molecular complexity index is 1200. The van der Waals surface area contributed by atoms with Gasteiger partial charge in [0, 0.05) is 25.6 Å². The number of amides is 1. The van der Waals surface area contributed by atoms with E-state index in [1.807, 2.05) is 24.3 Å². The van der Waals surface area contributed by atoms with Gasteiger partial charge in [-0.1, -0.05) is 53.5 Å². The molecule has 0 aliphatic rings. The molecule has 0 atom stereocenters. The molecule has 0 fully saturated rings. The van der Waals surface area contributed by atoms with E-state index in [1.165, 1.54) is 12.0 Å². The number of rotatable bonds is 7. The lowest BCUT2D eigenvalue weighted by Crippen LogP contribution is -2.29. The third-order valence-corrected chi connectivity index (χ3v) is 5.86. The molecule has 5 nitrogen and oxygen atoms in total. The predicted octanol–water partition coefficient (Wildman–Crippen LogP) is 5.76. The first-order valence-corrected chi connectivity index (χ1v) is 10.4. The molecule has 158 valence electrons. The predicted molar refractivity (Wildman–Crippen MR) is 122 cm³/mol. The first-order chi connectivity index (χ1) is 14.9. The van der Waals surface area contributed by atoms with Gasteiger partial charge in [-0.15, -0.1) is 0 Å². The van der Waals surface area contributed by atoms with E-state index < -0.39 is 0 Å². The second kappa shape index (κ2) is 9.82. The molecule has 0 aliphatic carbocycles. The summed E-state index contributed by atoms with van der Waals surface area (Å²) in [6, 6.07) is 16.1. The molecule has 0 aromatic heterocycles. The molecule has 31 heavy (non-hydrogen) atoms. The molecule has 0 heterocycles. The van der Waals surface area contributed by atoms with Crippen LogP contribution in [0.25, 0.3) is 10.8 Å². The van der Waals surface area contributed by atoms with E-state index in [9.17, 15) is 14.9 Å². The molecule has 3 aromatic rings. The molecular formula is C24H20Cl2N2O3. The Hall–Kier alpha value is -3.07. The summed E-state index contributed by atoms with van der Waals surface area (Å²) in [7, 11) is 3.10. The quantitative estimate of drug-likeness (QED) is 0.425. The van der Waals surface area contributed by atoms with Gasteiger partial charge in [-0.3, -0.25) is 9.59 Å². The highest BCUT2D eigenvalue weighted by molar-refractivity contribution is 6.43. The molecule has 0 bridgehead atoms. The second-order valence-corrected chi connectivity index (χ2v) is 7.81. The molecule has 0 radical (unpaired) electrons. The summed E-state index contributed by atoms with van der Waals surface area (Å²) in [5.41, 5.74) is 1.00. The zero-order chi connectivity index (χ0) is 22.5. The average molecular weight is 455 g/mol. The van der Waals surface area contributed by atoms with E-state index >= 15 is 0 Å². The van der Waals surface area contributed by atoms with Crippen molar-refractivity contribution in [2.45, 2.75) is 12.8 Å².